The van der Waals surface area contributed by atoms with E-state index in [1.54, 1.807) is 69.2 Å². The summed E-state index contributed by atoms with van der Waals surface area (Å²) in [5.74, 6) is -4.47. The van der Waals surface area contributed by atoms with Crippen molar-refractivity contribution in [2.24, 2.45) is 74.9 Å². The highest BCUT2D eigenvalue weighted by atomic mass is 19.4. The third kappa shape index (κ3) is 65.2. The molecule has 0 aromatic carbocycles. The summed E-state index contributed by atoms with van der Waals surface area (Å²) in [6.45, 7) is 38.4. The Hall–Kier alpha value is -1.61. The molecule has 0 radical (unpaired) electrons. The number of alkyl halides is 22. The summed E-state index contributed by atoms with van der Waals surface area (Å²) in [5.41, 5.74) is -3.19. The van der Waals surface area contributed by atoms with Crippen LogP contribution in [0.3, 0.4) is 0 Å². The lowest BCUT2D eigenvalue weighted by atomic mass is 9.81. The van der Waals surface area contributed by atoms with Gasteiger partial charge in [-0.1, -0.05) is 166 Å². The van der Waals surface area contributed by atoms with Crippen LogP contribution >= 0.6 is 0 Å². The highest BCUT2D eigenvalue weighted by Gasteiger charge is 2.57. The smallest absolute Gasteiger partial charge is 0.269 e. The van der Waals surface area contributed by atoms with Gasteiger partial charge in [0, 0.05) is 36.5 Å². The fourth-order valence-electron chi connectivity index (χ4n) is 3.29. The predicted molar refractivity (Wildman–Crippen MR) is 279 cm³/mol. The van der Waals surface area contributed by atoms with Gasteiger partial charge >= 0.3 is 30.6 Å². The predicted octanol–water partition coefficient (Wildman–Crippen LogP) is 24.3. The molecule has 0 saturated carbocycles. The van der Waals surface area contributed by atoms with Crippen molar-refractivity contribution in [3.8, 4) is 0 Å². The minimum absolute atomic E-state index is 0. The van der Waals surface area contributed by atoms with Crippen LogP contribution in [0.15, 0.2) is 0 Å². The van der Waals surface area contributed by atoms with Gasteiger partial charge in [-0.25, -0.2) is 8.78 Å². The third-order valence-corrected chi connectivity index (χ3v) is 12.2. The van der Waals surface area contributed by atoms with Gasteiger partial charge in [-0.2, -0.15) is 61.5 Å². The molecule has 0 fully saturated rings. The second-order valence-corrected chi connectivity index (χ2v) is 24.3. The van der Waals surface area contributed by atoms with E-state index in [1.807, 2.05) is 69.2 Å². The van der Waals surface area contributed by atoms with Crippen molar-refractivity contribution >= 4 is 0 Å². The molecule has 23 heteroatoms. The standard InChI is InChI=1S/C7H13F3.2C7H14F2.C7H15F.C6H9F5.C6H11F3.C5H9F3.C5H10F2.C5H11F.FH/c1-5(2)6(3,4)7(8,9)10;2*1-6(2)7(3,4-8)5-9;1-6(2)7(3,4)5-8;1-4(2)3-5(7,8)6(9,10)11;1-5(2)3-4-6(7,8)9;1-4(2)3-5(6,7)8;1-4(2)3-5(6)7;1-5(2)3-4-6;/h5H,1-4H3;2*6H,4-5H2,1-3H3;6H,5H2,1-4H3;4H,3H2,1-2H3;5H,3-4H2,1-2H3;4H,3H2,1-2H3;4-5H,3H2,1-2H3;5H,3-4H2,1-2H3;1H. The maximum absolute atomic E-state index is 12.1. The van der Waals surface area contributed by atoms with Gasteiger partial charge in [-0.15, -0.1) is 0 Å². The number of hydrogen-bond acceptors (Lipinski definition) is 0. The van der Waals surface area contributed by atoms with Gasteiger partial charge in [0.1, 0.15) is 0 Å². The van der Waals surface area contributed by atoms with E-state index in [-0.39, 0.29) is 71.8 Å². The summed E-state index contributed by atoms with van der Waals surface area (Å²) in [7, 11) is 0. The molecule has 0 saturated heterocycles. The lowest BCUT2D eigenvalue weighted by molar-refractivity contribution is -0.287. The van der Waals surface area contributed by atoms with Gasteiger partial charge in [-0.3, -0.25) is 31.0 Å². The fourth-order valence-corrected chi connectivity index (χ4v) is 3.29. The Labute approximate surface area is 457 Å². The molecule has 488 valence electrons. The Kier molecular flexibility index (Phi) is 59.1. The summed E-state index contributed by atoms with van der Waals surface area (Å²) in [6.07, 6.45) is -21.0. The molecule has 0 atom stereocenters. The molecule has 0 nitrogen and oxygen atoms in total. The average Bonchev–Trinajstić information content (AvgIpc) is 3.21. The van der Waals surface area contributed by atoms with Gasteiger partial charge < -0.3 is 0 Å². The molecule has 0 heterocycles. The molecule has 0 rings (SSSR count). The zero-order chi connectivity index (χ0) is 64.8. The molecular formula is C55H107F23. The van der Waals surface area contributed by atoms with Crippen LogP contribution < -0.4 is 0 Å². The van der Waals surface area contributed by atoms with E-state index in [2.05, 4.69) is 0 Å². The summed E-state index contributed by atoms with van der Waals surface area (Å²) in [4.78, 5) is 0. The van der Waals surface area contributed by atoms with Gasteiger partial charge in [0.15, 0.2) is 0 Å². The first-order valence-corrected chi connectivity index (χ1v) is 26.0. The Morgan fingerprint density at radius 3 is 0.667 bits per heavy atom. The largest absolute Gasteiger partial charge is 0.453 e. The first-order chi connectivity index (χ1) is 33.7. The second-order valence-electron chi connectivity index (χ2n) is 24.3. The van der Waals surface area contributed by atoms with Crippen molar-refractivity contribution in [2.75, 3.05) is 40.0 Å². The SMILES string of the molecule is CC(C)C(C)(C)C(F)(F)F.CC(C)C(C)(C)CF.CC(C)C(C)(CF)CF.CC(C)C(C)(CF)CF.CC(C)CC(F)(F)C(F)(F)F.CC(C)CC(F)(F)F.CC(C)CC(F)F.CC(C)CCC(F)(F)F.CC(C)CCF.F. The van der Waals surface area contributed by atoms with Crippen molar-refractivity contribution in [3.05, 3.63) is 0 Å². The Bertz CT molecular complexity index is 1220. The normalized spacial score (nSPS) is 12.6. The van der Waals surface area contributed by atoms with Crippen molar-refractivity contribution in [1.29, 1.82) is 0 Å². The summed E-state index contributed by atoms with van der Waals surface area (Å²) in [5, 5.41) is 0. The van der Waals surface area contributed by atoms with E-state index in [4.69, 9.17) is 0 Å². The molecule has 0 aliphatic carbocycles. The van der Waals surface area contributed by atoms with Crippen LogP contribution in [-0.2, 0) is 0 Å². The van der Waals surface area contributed by atoms with Crippen molar-refractivity contribution in [3.63, 3.8) is 0 Å². The van der Waals surface area contributed by atoms with Crippen LogP contribution in [0.25, 0.3) is 0 Å². The summed E-state index contributed by atoms with van der Waals surface area (Å²) < 4.78 is 257. The molecule has 0 spiro atoms. The molecule has 0 N–H and O–H groups in total. The Morgan fingerprint density at radius 1 is 0.333 bits per heavy atom. The molecule has 78 heavy (non-hydrogen) atoms. The number of halogens is 23. The molecule has 0 aliphatic heterocycles. The quantitative estimate of drug-likeness (QED) is 0.120. The first-order valence-electron chi connectivity index (χ1n) is 26.0. The van der Waals surface area contributed by atoms with Crippen LogP contribution in [-0.4, -0.2) is 77.1 Å². The maximum Gasteiger partial charge on any atom is 0.453 e. The summed E-state index contributed by atoms with van der Waals surface area (Å²) >= 11 is 0. The topological polar surface area (TPSA) is 0 Å². The van der Waals surface area contributed by atoms with E-state index in [0.29, 0.717) is 18.3 Å². The van der Waals surface area contributed by atoms with E-state index in [0.717, 1.165) is 0 Å². The van der Waals surface area contributed by atoms with Gasteiger partial charge in [0.2, 0.25) is 6.43 Å². The minimum atomic E-state index is -5.41. The molecule has 0 aromatic rings. The zero-order valence-electron chi connectivity index (χ0n) is 51.5. The molecular weight excluding hydrogens is 1100 g/mol. The molecule has 0 aliphatic rings. The average molecular weight is 1210 g/mol. The molecule has 0 aromatic heterocycles. The lowest BCUT2D eigenvalue weighted by Gasteiger charge is -2.31. The minimum Gasteiger partial charge on any atom is -0.269 e. The Morgan fingerprint density at radius 2 is 0.641 bits per heavy atom. The van der Waals surface area contributed by atoms with Crippen LogP contribution in [0, 0.1) is 74.9 Å². The molecule has 0 unspecified atom stereocenters. The van der Waals surface area contributed by atoms with Gasteiger partial charge in [-0.05, 0) is 71.5 Å². The number of hydrogen-bond donors (Lipinski definition) is 0. The van der Waals surface area contributed by atoms with E-state index < -0.39 is 105 Å². The zero-order valence-corrected chi connectivity index (χ0v) is 51.5. The second kappa shape index (κ2) is 46.8. The van der Waals surface area contributed by atoms with Crippen LogP contribution in [0.5, 0.6) is 0 Å². The first kappa shape index (κ1) is 98.5. The van der Waals surface area contributed by atoms with Crippen molar-refractivity contribution < 1.29 is 101 Å². The highest BCUT2D eigenvalue weighted by Crippen LogP contribution is 2.43. The maximum atomic E-state index is 12.1. The van der Waals surface area contributed by atoms with E-state index in [1.165, 1.54) is 27.7 Å². The van der Waals surface area contributed by atoms with Crippen LogP contribution in [0.2, 0.25) is 0 Å². The fraction of sp³-hybridized carbons (Fsp3) is 1.00. The van der Waals surface area contributed by atoms with Crippen LogP contribution in [0.4, 0.5) is 101 Å². The molecule has 0 bridgehead atoms. The Balaban J connectivity index is -0.0000000836. The molecule has 0 amide bonds. The monoisotopic (exact) mass is 1200 g/mol. The third-order valence-electron chi connectivity index (χ3n) is 12.2. The lowest BCUT2D eigenvalue weighted by Crippen LogP contribution is -2.37. The number of rotatable bonds is 18. The van der Waals surface area contributed by atoms with Crippen molar-refractivity contribution in [2.45, 2.75) is 242 Å². The van der Waals surface area contributed by atoms with E-state index in [9.17, 15) is 96.6 Å². The van der Waals surface area contributed by atoms with E-state index >= 15 is 0 Å². The van der Waals surface area contributed by atoms with Gasteiger partial charge in [0.25, 0.3) is 0 Å². The highest BCUT2D eigenvalue weighted by molar-refractivity contribution is 4.80. The van der Waals surface area contributed by atoms with Gasteiger partial charge in [0.05, 0.1) is 45.5 Å². The van der Waals surface area contributed by atoms with Crippen molar-refractivity contribution in [1.82, 2.24) is 0 Å². The van der Waals surface area contributed by atoms with Crippen LogP contribution in [0.1, 0.15) is 205 Å². The summed E-state index contributed by atoms with van der Waals surface area (Å²) in [6, 6.07) is 0.